The first-order valence-corrected chi connectivity index (χ1v) is 12.7. The molecule has 1 unspecified atom stereocenters. The summed E-state index contributed by atoms with van der Waals surface area (Å²) in [6.45, 7) is 0.602. The van der Waals surface area contributed by atoms with Gasteiger partial charge in [0.15, 0.2) is 6.10 Å². The number of ether oxygens (including phenoxy) is 4. The molecule has 3 aromatic carbocycles. The number of nitrogens with one attached hydrogen (secondary N) is 1. The van der Waals surface area contributed by atoms with Gasteiger partial charge in [-0.05, 0) is 35.4 Å². The van der Waals surface area contributed by atoms with Crippen molar-refractivity contribution in [3.63, 3.8) is 0 Å². The Bertz CT molecular complexity index is 1200. The molecule has 0 radical (unpaired) electrons. The third-order valence-corrected chi connectivity index (χ3v) is 6.65. The molecule has 8 nitrogen and oxygen atoms in total. The van der Waals surface area contributed by atoms with Gasteiger partial charge in [0, 0.05) is 22.0 Å². The molecule has 0 aromatic heterocycles. The van der Waals surface area contributed by atoms with Gasteiger partial charge in [0.2, 0.25) is 0 Å². The average Bonchev–Trinajstić information content (AvgIpc) is 3.38. The van der Waals surface area contributed by atoms with Crippen molar-refractivity contribution < 1.29 is 33.6 Å². The minimum absolute atomic E-state index is 0.0699. The highest BCUT2D eigenvalue weighted by molar-refractivity contribution is 6.35. The number of amides is 1. The summed E-state index contributed by atoms with van der Waals surface area (Å²) in [7, 11) is 0. The Balaban J connectivity index is 1.29. The Labute approximate surface area is 230 Å². The number of carbonyl (C=O) groups is 2. The first-order valence-electron chi connectivity index (χ1n) is 11.9. The highest BCUT2D eigenvalue weighted by Gasteiger charge is 2.37. The second-order valence-electron chi connectivity index (χ2n) is 8.65. The molecular weight excluding hydrogens is 533 g/mol. The van der Waals surface area contributed by atoms with Gasteiger partial charge in [-0.1, -0.05) is 71.7 Å². The molecule has 0 aliphatic carbocycles. The summed E-state index contributed by atoms with van der Waals surface area (Å²) in [5.41, 5.74) is 2.37. The molecule has 0 spiro atoms. The topological polar surface area (TPSA) is 103 Å². The van der Waals surface area contributed by atoms with Crippen LogP contribution in [-0.2, 0) is 43.4 Å². The van der Waals surface area contributed by atoms with Crippen molar-refractivity contribution in [1.82, 2.24) is 5.32 Å². The number of rotatable bonds is 12. The SMILES string of the molecule is O=C(O)C(Cc1ccc(OCc2c(Cl)cccc2Cl)cc1)NC(=O)[C@@H]1OCO[C@H]1COCc1ccccc1. The molecule has 2 N–H and O–H groups in total. The van der Waals surface area contributed by atoms with Gasteiger partial charge in [-0.15, -0.1) is 0 Å². The molecule has 1 heterocycles. The largest absolute Gasteiger partial charge is 0.489 e. The molecule has 38 heavy (non-hydrogen) atoms. The predicted octanol–water partition coefficient (Wildman–Crippen LogP) is 4.64. The standard InChI is InChI=1S/C28H27Cl2NO7/c29-22-7-4-8-23(30)21(22)15-36-20-11-9-18(10-12-20)13-24(28(33)34)31-27(32)26-25(37-17-38-26)16-35-14-19-5-2-1-3-6-19/h1-12,24-26H,13-17H2,(H,31,32)(H,33,34)/t24?,25-,26+/m0/s1. The maximum absolute atomic E-state index is 12.8. The van der Waals surface area contributed by atoms with E-state index in [2.05, 4.69) is 5.32 Å². The van der Waals surface area contributed by atoms with Crippen molar-refractivity contribution >= 4 is 35.1 Å². The van der Waals surface area contributed by atoms with E-state index in [4.69, 9.17) is 42.1 Å². The lowest BCUT2D eigenvalue weighted by Gasteiger charge is -2.20. The molecule has 1 amide bonds. The normalized spacial score (nSPS) is 17.6. The van der Waals surface area contributed by atoms with E-state index in [0.29, 0.717) is 33.5 Å². The molecule has 1 aliphatic rings. The zero-order valence-electron chi connectivity index (χ0n) is 20.3. The second-order valence-corrected chi connectivity index (χ2v) is 9.46. The minimum Gasteiger partial charge on any atom is -0.489 e. The van der Waals surface area contributed by atoms with Gasteiger partial charge in [0.1, 0.15) is 31.3 Å². The quantitative estimate of drug-likeness (QED) is 0.333. The number of carboxylic acid groups (broad SMARTS) is 1. The number of carboxylic acids is 1. The lowest BCUT2D eigenvalue weighted by Crippen LogP contribution is -2.49. The molecule has 1 fully saturated rings. The maximum atomic E-state index is 12.8. The first kappa shape index (κ1) is 27.9. The van der Waals surface area contributed by atoms with E-state index in [1.165, 1.54) is 0 Å². The first-order chi connectivity index (χ1) is 18.4. The van der Waals surface area contributed by atoms with Crippen molar-refractivity contribution in [2.45, 2.75) is 37.9 Å². The van der Waals surface area contributed by atoms with Gasteiger partial charge >= 0.3 is 5.97 Å². The molecular formula is C28H27Cl2NO7. The van der Waals surface area contributed by atoms with Crippen molar-refractivity contribution in [2.24, 2.45) is 0 Å². The van der Waals surface area contributed by atoms with Crippen LogP contribution < -0.4 is 10.1 Å². The molecule has 1 aliphatic heterocycles. The highest BCUT2D eigenvalue weighted by Crippen LogP contribution is 2.26. The summed E-state index contributed by atoms with van der Waals surface area (Å²) < 4.78 is 22.3. The smallest absolute Gasteiger partial charge is 0.326 e. The number of hydrogen-bond acceptors (Lipinski definition) is 6. The summed E-state index contributed by atoms with van der Waals surface area (Å²) in [5.74, 6) is -1.17. The Morgan fingerprint density at radius 2 is 1.63 bits per heavy atom. The van der Waals surface area contributed by atoms with E-state index in [-0.39, 0.29) is 26.4 Å². The van der Waals surface area contributed by atoms with E-state index >= 15 is 0 Å². The second kappa shape index (κ2) is 13.6. The van der Waals surface area contributed by atoms with E-state index in [1.54, 1.807) is 42.5 Å². The van der Waals surface area contributed by atoms with Crippen LogP contribution in [0.4, 0.5) is 0 Å². The average molecular weight is 560 g/mol. The molecule has 10 heteroatoms. The van der Waals surface area contributed by atoms with Crippen LogP contribution in [0.25, 0.3) is 0 Å². The highest BCUT2D eigenvalue weighted by atomic mass is 35.5. The zero-order chi connectivity index (χ0) is 26.9. The Morgan fingerprint density at radius 1 is 0.921 bits per heavy atom. The fourth-order valence-corrected chi connectivity index (χ4v) is 4.39. The van der Waals surface area contributed by atoms with Crippen LogP contribution in [0.3, 0.4) is 0 Å². The summed E-state index contributed by atoms with van der Waals surface area (Å²) in [4.78, 5) is 24.7. The van der Waals surface area contributed by atoms with Gasteiger partial charge in [0.25, 0.3) is 5.91 Å². The summed E-state index contributed by atoms with van der Waals surface area (Å²) in [6.07, 6.45) is -1.54. The molecule has 0 bridgehead atoms. The predicted molar refractivity (Wildman–Crippen MR) is 141 cm³/mol. The lowest BCUT2D eigenvalue weighted by atomic mass is 10.0. The van der Waals surface area contributed by atoms with Crippen LogP contribution in [0.15, 0.2) is 72.8 Å². The third kappa shape index (κ3) is 7.69. The van der Waals surface area contributed by atoms with E-state index in [0.717, 1.165) is 5.56 Å². The van der Waals surface area contributed by atoms with Crippen LogP contribution in [-0.4, -0.2) is 48.6 Å². The van der Waals surface area contributed by atoms with Crippen LogP contribution in [0, 0.1) is 0 Å². The van der Waals surface area contributed by atoms with Crippen LogP contribution >= 0.6 is 23.2 Å². The summed E-state index contributed by atoms with van der Waals surface area (Å²) in [5, 5.41) is 13.3. The minimum atomic E-state index is -1.16. The van der Waals surface area contributed by atoms with Gasteiger partial charge in [-0.25, -0.2) is 4.79 Å². The van der Waals surface area contributed by atoms with E-state index in [1.807, 2.05) is 30.3 Å². The molecule has 3 aromatic rings. The number of hydrogen-bond donors (Lipinski definition) is 2. The van der Waals surface area contributed by atoms with Crippen LogP contribution in [0.2, 0.25) is 10.0 Å². The van der Waals surface area contributed by atoms with Gasteiger partial charge in [0.05, 0.1) is 13.2 Å². The molecule has 4 rings (SSSR count). The number of benzene rings is 3. The van der Waals surface area contributed by atoms with E-state index in [9.17, 15) is 14.7 Å². The Kier molecular flexibility index (Phi) is 9.98. The van der Waals surface area contributed by atoms with Crippen molar-refractivity contribution in [3.8, 4) is 5.75 Å². The van der Waals surface area contributed by atoms with Gasteiger partial charge in [-0.2, -0.15) is 0 Å². The van der Waals surface area contributed by atoms with Gasteiger partial charge < -0.3 is 29.4 Å². The van der Waals surface area contributed by atoms with Crippen molar-refractivity contribution in [3.05, 3.63) is 99.5 Å². The number of aliphatic carboxylic acids is 1. The summed E-state index contributed by atoms with van der Waals surface area (Å²) in [6, 6.07) is 20.6. The van der Waals surface area contributed by atoms with Crippen molar-refractivity contribution in [2.75, 3.05) is 13.4 Å². The molecule has 0 saturated carbocycles. The van der Waals surface area contributed by atoms with Gasteiger partial charge in [-0.3, -0.25) is 4.79 Å². The molecule has 200 valence electrons. The van der Waals surface area contributed by atoms with Crippen molar-refractivity contribution in [1.29, 1.82) is 0 Å². The molecule has 1 saturated heterocycles. The fraction of sp³-hybridized carbons (Fsp3) is 0.286. The van der Waals surface area contributed by atoms with Crippen LogP contribution in [0.5, 0.6) is 5.75 Å². The number of carbonyl (C=O) groups excluding carboxylic acids is 1. The maximum Gasteiger partial charge on any atom is 0.326 e. The summed E-state index contributed by atoms with van der Waals surface area (Å²) >= 11 is 12.4. The van der Waals surface area contributed by atoms with Crippen LogP contribution in [0.1, 0.15) is 16.7 Å². The molecule has 3 atom stereocenters. The fourth-order valence-electron chi connectivity index (χ4n) is 3.88. The Morgan fingerprint density at radius 3 is 2.32 bits per heavy atom. The third-order valence-electron chi connectivity index (χ3n) is 5.94. The lowest BCUT2D eigenvalue weighted by molar-refractivity contribution is -0.144. The Hall–Kier alpha value is -3.14. The monoisotopic (exact) mass is 559 g/mol. The number of halogens is 2. The zero-order valence-corrected chi connectivity index (χ0v) is 21.9. The van der Waals surface area contributed by atoms with E-state index < -0.39 is 30.1 Å².